The van der Waals surface area contributed by atoms with Gasteiger partial charge in [0.1, 0.15) is 29.6 Å². The Hall–Kier alpha value is -4.44. The number of carbonyl (C=O) groups excluding carboxylic acids is 1. The first-order valence-electron chi connectivity index (χ1n) is 11.4. The smallest absolute Gasteiger partial charge is 0.255 e. The average Bonchev–Trinajstić information content (AvgIpc) is 3.36. The van der Waals surface area contributed by atoms with Crippen molar-refractivity contribution in [1.29, 1.82) is 0 Å². The van der Waals surface area contributed by atoms with Crippen molar-refractivity contribution in [3.8, 4) is 10.4 Å². The molecule has 0 saturated carbocycles. The first-order valence-corrected chi connectivity index (χ1v) is 12.2. The predicted molar refractivity (Wildman–Crippen MR) is 141 cm³/mol. The quantitative estimate of drug-likeness (QED) is 0.256. The zero-order valence-electron chi connectivity index (χ0n) is 19.7. The molecule has 5 aromatic rings. The van der Waals surface area contributed by atoms with E-state index in [1.54, 1.807) is 36.6 Å². The summed E-state index contributed by atoms with van der Waals surface area (Å²) in [7, 11) is 0. The van der Waals surface area contributed by atoms with Gasteiger partial charge in [0.15, 0.2) is 0 Å². The second-order valence-electron chi connectivity index (χ2n) is 8.41. The molecule has 0 bridgehead atoms. The van der Waals surface area contributed by atoms with Gasteiger partial charge in [-0.15, -0.1) is 11.3 Å². The number of nitrogen functional groups attached to an aromatic ring is 1. The number of amides is 1. The number of nitrogens with one attached hydrogen (secondary N) is 2. The number of hydrogen-bond donors (Lipinski definition) is 3. The Morgan fingerprint density at radius 3 is 2.65 bits per heavy atom. The highest BCUT2D eigenvalue weighted by atomic mass is 32.1. The van der Waals surface area contributed by atoms with Crippen LogP contribution in [-0.4, -0.2) is 20.9 Å². The number of nitrogens with zero attached hydrogens (tertiary/aromatic N) is 3. The lowest BCUT2D eigenvalue weighted by atomic mass is 10.1. The van der Waals surface area contributed by atoms with Crippen LogP contribution in [0.4, 0.5) is 20.4 Å². The Balaban J connectivity index is 1.29. The maximum atomic E-state index is 13.6. The van der Waals surface area contributed by atoms with E-state index in [1.165, 1.54) is 18.5 Å². The molecule has 0 unspecified atom stereocenters. The first kappa shape index (κ1) is 24.3. The number of thiophene rings is 1. The van der Waals surface area contributed by atoms with E-state index < -0.39 is 23.6 Å². The van der Waals surface area contributed by atoms with Crippen LogP contribution in [0.5, 0.6) is 0 Å². The second-order valence-corrected chi connectivity index (χ2v) is 9.58. The molecular weight excluding hydrogens is 494 g/mol. The monoisotopic (exact) mass is 516 g/mol. The molecule has 0 fully saturated rings. The molecule has 186 valence electrons. The number of hydrogen-bond acceptors (Lipinski definition) is 7. The highest BCUT2D eigenvalue weighted by Crippen LogP contribution is 2.31. The van der Waals surface area contributed by atoms with Crippen molar-refractivity contribution in [2.75, 3.05) is 11.1 Å². The second kappa shape index (κ2) is 10.3. The van der Waals surface area contributed by atoms with Crippen LogP contribution in [0.1, 0.15) is 33.8 Å². The third-order valence-corrected chi connectivity index (χ3v) is 6.96. The first-order chi connectivity index (χ1) is 17.9. The molecule has 4 N–H and O–H groups in total. The van der Waals surface area contributed by atoms with E-state index >= 15 is 0 Å². The summed E-state index contributed by atoms with van der Waals surface area (Å²) < 4.78 is 27.2. The average molecular weight is 517 g/mol. The van der Waals surface area contributed by atoms with Crippen LogP contribution in [0, 0.1) is 11.6 Å². The van der Waals surface area contributed by atoms with Gasteiger partial charge in [0.25, 0.3) is 5.91 Å². The van der Waals surface area contributed by atoms with Gasteiger partial charge in [-0.2, -0.15) is 0 Å². The molecule has 5 rings (SSSR count). The van der Waals surface area contributed by atoms with Gasteiger partial charge in [-0.05, 0) is 66.6 Å². The standard InChI is InChI=1S/C27H22F2N6OS/c1-15(17-9-18(28)12-19(29)10-17)35-27(36)21-3-2-8-31-26(21)32-13-20-5-7-24(37-20)16-4-6-23-22(11-16)25(30)34-14-33-23/h2-12,14-15H,13H2,1H3,(H,31,32)(H,35,36)(H2,30,33,34)/t15-/m0/s1. The lowest BCUT2D eigenvalue weighted by Crippen LogP contribution is -2.27. The lowest BCUT2D eigenvalue weighted by Gasteiger charge is -2.16. The van der Waals surface area contributed by atoms with Crippen molar-refractivity contribution in [1.82, 2.24) is 20.3 Å². The zero-order chi connectivity index (χ0) is 25.9. The molecule has 37 heavy (non-hydrogen) atoms. The summed E-state index contributed by atoms with van der Waals surface area (Å²) >= 11 is 1.60. The Bertz CT molecular complexity index is 1590. The number of rotatable bonds is 7. The van der Waals surface area contributed by atoms with Crippen LogP contribution < -0.4 is 16.4 Å². The topological polar surface area (TPSA) is 106 Å². The number of nitrogens with two attached hydrogens (primary N) is 1. The summed E-state index contributed by atoms with van der Waals surface area (Å²) in [6.07, 6.45) is 3.03. The van der Waals surface area contributed by atoms with Crippen LogP contribution in [0.25, 0.3) is 21.3 Å². The number of aromatic nitrogens is 3. The summed E-state index contributed by atoms with van der Waals surface area (Å²) in [5, 5.41) is 6.80. The Morgan fingerprint density at radius 1 is 1.03 bits per heavy atom. The van der Waals surface area contributed by atoms with E-state index in [-0.39, 0.29) is 0 Å². The molecule has 3 aromatic heterocycles. The summed E-state index contributed by atoms with van der Waals surface area (Å²) in [4.78, 5) is 27.7. The summed E-state index contributed by atoms with van der Waals surface area (Å²) in [5.74, 6) is -0.965. The minimum atomic E-state index is -0.698. The summed E-state index contributed by atoms with van der Waals surface area (Å²) in [6, 6.07) is 15.8. The van der Waals surface area contributed by atoms with Gasteiger partial charge in [0.2, 0.25) is 0 Å². The molecular formula is C27H22F2N6OS. The summed E-state index contributed by atoms with van der Waals surface area (Å²) in [5.41, 5.74) is 8.45. The number of benzene rings is 2. The number of fused-ring (bicyclic) bond motifs is 1. The molecule has 0 saturated heterocycles. The predicted octanol–water partition coefficient (Wildman–Crippen LogP) is 5.72. The molecule has 2 aromatic carbocycles. The number of anilines is 2. The fourth-order valence-electron chi connectivity index (χ4n) is 3.94. The molecule has 0 aliphatic rings. The molecule has 0 radical (unpaired) electrons. The van der Waals surface area contributed by atoms with E-state index in [1.807, 2.05) is 30.3 Å². The minimum Gasteiger partial charge on any atom is -0.383 e. The van der Waals surface area contributed by atoms with Gasteiger partial charge in [0.05, 0.1) is 23.7 Å². The van der Waals surface area contributed by atoms with Gasteiger partial charge in [0, 0.05) is 27.4 Å². The van der Waals surface area contributed by atoms with Crippen LogP contribution in [0.3, 0.4) is 0 Å². The Morgan fingerprint density at radius 2 is 1.84 bits per heavy atom. The maximum absolute atomic E-state index is 13.6. The van der Waals surface area contributed by atoms with E-state index in [4.69, 9.17) is 5.73 Å². The molecule has 7 nitrogen and oxygen atoms in total. The molecule has 10 heteroatoms. The minimum absolute atomic E-state index is 0.327. The van der Waals surface area contributed by atoms with Crippen LogP contribution in [-0.2, 0) is 6.54 Å². The molecule has 1 atom stereocenters. The number of carbonyl (C=O) groups is 1. The highest BCUT2D eigenvalue weighted by Gasteiger charge is 2.17. The molecule has 0 spiro atoms. The Kier molecular flexibility index (Phi) is 6.74. The highest BCUT2D eigenvalue weighted by molar-refractivity contribution is 7.15. The van der Waals surface area contributed by atoms with Crippen LogP contribution in [0.15, 0.2) is 73.2 Å². The Labute approximate surface area is 215 Å². The molecule has 0 aliphatic heterocycles. The normalized spacial score (nSPS) is 11.9. The van der Waals surface area contributed by atoms with Gasteiger partial charge in [-0.3, -0.25) is 4.79 Å². The third-order valence-electron chi connectivity index (χ3n) is 5.83. The molecule has 3 heterocycles. The van der Waals surface area contributed by atoms with Crippen molar-refractivity contribution in [3.63, 3.8) is 0 Å². The number of halogens is 2. The van der Waals surface area contributed by atoms with E-state index in [9.17, 15) is 13.6 Å². The van der Waals surface area contributed by atoms with Crippen molar-refractivity contribution in [3.05, 3.63) is 101 Å². The van der Waals surface area contributed by atoms with Crippen LogP contribution >= 0.6 is 11.3 Å². The SMILES string of the molecule is C[C@H](NC(=O)c1cccnc1NCc1ccc(-c2ccc3ncnc(N)c3c2)s1)c1cc(F)cc(F)c1. The van der Waals surface area contributed by atoms with E-state index in [0.29, 0.717) is 29.3 Å². The van der Waals surface area contributed by atoms with Gasteiger partial charge < -0.3 is 16.4 Å². The van der Waals surface area contributed by atoms with Crippen LogP contribution in [0.2, 0.25) is 0 Å². The third kappa shape index (κ3) is 5.39. The van der Waals surface area contributed by atoms with Crippen molar-refractivity contribution >= 4 is 39.8 Å². The van der Waals surface area contributed by atoms with Crippen molar-refractivity contribution in [2.24, 2.45) is 0 Å². The molecule has 0 aliphatic carbocycles. The fourth-order valence-corrected chi connectivity index (χ4v) is 4.88. The fraction of sp³-hybridized carbons (Fsp3) is 0.111. The zero-order valence-corrected chi connectivity index (χ0v) is 20.5. The van der Waals surface area contributed by atoms with E-state index in [0.717, 1.165) is 32.3 Å². The van der Waals surface area contributed by atoms with Crippen molar-refractivity contribution < 1.29 is 13.6 Å². The van der Waals surface area contributed by atoms with Gasteiger partial charge in [-0.1, -0.05) is 6.07 Å². The maximum Gasteiger partial charge on any atom is 0.255 e. The number of pyridine rings is 1. The lowest BCUT2D eigenvalue weighted by molar-refractivity contribution is 0.0940. The van der Waals surface area contributed by atoms with Gasteiger partial charge >= 0.3 is 0 Å². The summed E-state index contributed by atoms with van der Waals surface area (Å²) in [6.45, 7) is 2.11. The van der Waals surface area contributed by atoms with Gasteiger partial charge in [-0.25, -0.2) is 23.7 Å². The van der Waals surface area contributed by atoms with Crippen molar-refractivity contribution in [2.45, 2.75) is 19.5 Å². The van der Waals surface area contributed by atoms with E-state index in [2.05, 4.69) is 25.6 Å². The molecule has 1 amide bonds. The largest absolute Gasteiger partial charge is 0.383 e.